The molecular weight excluding hydrogens is 310 g/mol. The molecule has 1 aromatic carbocycles. The average molecular weight is 330 g/mol. The summed E-state index contributed by atoms with van der Waals surface area (Å²) in [6.45, 7) is 5.79. The maximum absolute atomic E-state index is 11.4. The molecular formula is C14H20BrNO3. The van der Waals surface area contributed by atoms with E-state index in [0.717, 1.165) is 10.0 Å². The van der Waals surface area contributed by atoms with E-state index in [1.165, 1.54) is 0 Å². The van der Waals surface area contributed by atoms with Crippen LogP contribution in [0.4, 0.5) is 4.79 Å². The second-order valence-electron chi connectivity index (χ2n) is 5.28. The first-order valence-corrected chi connectivity index (χ1v) is 6.97. The highest BCUT2D eigenvalue weighted by Crippen LogP contribution is 2.18. The number of carbonyl (C=O) groups is 1. The van der Waals surface area contributed by atoms with Crippen molar-refractivity contribution in [1.82, 2.24) is 5.32 Å². The summed E-state index contributed by atoms with van der Waals surface area (Å²) in [5.74, 6) is 0. The van der Waals surface area contributed by atoms with Gasteiger partial charge in [-0.05, 0) is 44.9 Å². The van der Waals surface area contributed by atoms with E-state index in [4.69, 9.17) is 4.74 Å². The lowest BCUT2D eigenvalue weighted by Crippen LogP contribution is -2.33. The Balaban J connectivity index is 2.33. The third-order valence-electron chi connectivity index (χ3n) is 2.34. The van der Waals surface area contributed by atoms with Gasteiger partial charge in [-0.2, -0.15) is 0 Å². The number of halogens is 1. The van der Waals surface area contributed by atoms with Crippen LogP contribution in [-0.4, -0.2) is 23.3 Å². The molecule has 0 fully saturated rings. The van der Waals surface area contributed by atoms with Crippen molar-refractivity contribution in [3.8, 4) is 0 Å². The van der Waals surface area contributed by atoms with Crippen molar-refractivity contribution < 1.29 is 14.6 Å². The van der Waals surface area contributed by atoms with Crippen LogP contribution in [0.15, 0.2) is 28.7 Å². The van der Waals surface area contributed by atoms with Gasteiger partial charge in [-0.3, -0.25) is 0 Å². The van der Waals surface area contributed by atoms with E-state index < -0.39 is 17.8 Å². The fraction of sp³-hybridized carbons (Fsp3) is 0.500. The zero-order chi connectivity index (χ0) is 14.5. The maximum Gasteiger partial charge on any atom is 0.407 e. The zero-order valence-electron chi connectivity index (χ0n) is 11.4. The van der Waals surface area contributed by atoms with Crippen molar-refractivity contribution in [3.05, 3.63) is 34.3 Å². The molecule has 0 heterocycles. The van der Waals surface area contributed by atoms with Crippen molar-refractivity contribution in [2.75, 3.05) is 6.54 Å². The van der Waals surface area contributed by atoms with Crippen molar-refractivity contribution in [3.63, 3.8) is 0 Å². The predicted molar refractivity (Wildman–Crippen MR) is 78.0 cm³/mol. The second kappa shape index (κ2) is 6.91. The minimum Gasteiger partial charge on any atom is -0.444 e. The SMILES string of the molecule is CC(C)(C)OC(=O)NCCC(O)c1ccc(Br)cc1. The van der Waals surface area contributed by atoms with Crippen LogP contribution in [0.25, 0.3) is 0 Å². The lowest BCUT2D eigenvalue weighted by Gasteiger charge is -2.20. The summed E-state index contributed by atoms with van der Waals surface area (Å²) in [7, 11) is 0. The molecule has 0 aliphatic rings. The molecule has 1 amide bonds. The Hall–Kier alpha value is -1.07. The Bertz CT molecular complexity index is 412. The summed E-state index contributed by atoms with van der Waals surface area (Å²) in [6.07, 6.45) is -0.612. The van der Waals surface area contributed by atoms with Crippen molar-refractivity contribution in [2.45, 2.75) is 38.9 Å². The van der Waals surface area contributed by atoms with Gasteiger partial charge in [0, 0.05) is 11.0 Å². The largest absolute Gasteiger partial charge is 0.444 e. The second-order valence-corrected chi connectivity index (χ2v) is 6.20. The summed E-state index contributed by atoms with van der Waals surface area (Å²) < 4.78 is 6.07. The van der Waals surface area contributed by atoms with Crippen LogP contribution in [0, 0.1) is 0 Å². The molecule has 1 unspecified atom stereocenters. The van der Waals surface area contributed by atoms with Gasteiger partial charge in [0.15, 0.2) is 0 Å². The van der Waals surface area contributed by atoms with Gasteiger partial charge in [0.25, 0.3) is 0 Å². The molecule has 5 heteroatoms. The minimum atomic E-state index is -0.594. The lowest BCUT2D eigenvalue weighted by molar-refractivity contribution is 0.0518. The molecule has 106 valence electrons. The number of amides is 1. The van der Waals surface area contributed by atoms with E-state index in [9.17, 15) is 9.90 Å². The van der Waals surface area contributed by atoms with Crippen LogP contribution in [0.3, 0.4) is 0 Å². The highest BCUT2D eigenvalue weighted by molar-refractivity contribution is 9.10. The Labute approximate surface area is 122 Å². The van der Waals surface area contributed by atoms with Gasteiger partial charge < -0.3 is 15.2 Å². The highest BCUT2D eigenvalue weighted by atomic mass is 79.9. The summed E-state index contributed by atoms with van der Waals surface area (Å²) in [6, 6.07) is 7.45. The lowest BCUT2D eigenvalue weighted by atomic mass is 10.1. The summed E-state index contributed by atoms with van der Waals surface area (Å²) in [4.78, 5) is 11.4. The van der Waals surface area contributed by atoms with Crippen LogP contribution in [0.5, 0.6) is 0 Å². The normalized spacial score (nSPS) is 12.9. The average Bonchev–Trinajstić information content (AvgIpc) is 2.27. The number of hydrogen-bond donors (Lipinski definition) is 2. The molecule has 0 aliphatic heterocycles. The van der Waals surface area contributed by atoms with Crippen LogP contribution in [0.1, 0.15) is 38.9 Å². The number of carbonyl (C=O) groups excluding carboxylic acids is 1. The third kappa shape index (κ3) is 6.59. The van der Waals surface area contributed by atoms with E-state index in [1.54, 1.807) is 0 Å². The maximum atomic E-state index is 11.4. The van der Waals surface area contributed by atoms with Crippen molar-refractivity contribution in [2.24, 2.45) is 0 Å². The molecule has 0 saturated carbocycles. The Morgan fingerprint density at radius 1 is 1.37 bits per heavy atom. The van der Waals surface area contributed by atoms with Gasteiger partial charge in [-0.1, -0.05) is 28.1 Å². The first-order valence-electron chi connectivity index (χ1n) is 6.18. The van der Waals surface area contributed by atoms with E-state index in [2.05, 4.69) is 21.2 Å². The minimum absolute atomic E-state index is 0.367. The van der Waals surface area contributed by atoms with Crippen molar-refractivity contribution >= 4 is 22.0 Å². The molecule has 0 saturated heterocycles. The summed E-state index contributed by atoms with van der Waals surface area (Å²) >= 11 is 3.34. The number of nitrogens with one attached hydrogen (secondary N) is 1. The third-order valence-corrected chi connectivity index (χ3v) is 2.87. The van der Waals surface area contributed by atoms with Gasteiger partial charge in [0.1, 0.15) is 5.60 Å². The van der Waals surface area contributed by atoms with Gasteiger partial charge in [-0.25, -0.2) is 4.79 Å². The highest BCUT2D eigenvalue weighted by Gasteiger charge is 2.16. The predicted octanol–water partition coefficient (Wildman–Crippen LogP) is 3.40. The smallest absolute Gasteiger partial charge is 0.407 e. The van der Waals surface area contributed by atoms with Crippen molar-refractivity contribution in [1.29, 1.82) is 0 Å². The molecule has 0 aliphatic carbocycles. The van der Waals surface area contributed by atoms with E-state index in [-0.39, 0.29) is 0 Å². The quantitative estimate of drug-likeness (QED) is 0.890. The topological polar surface area (TPSA) is 58.6 Å². The number of hydrogen-bond acceptors (Lipinski definition) is 3. The van der Waals surface area contributed by atoms with Gasteiger partial charge in [-0.15, -0.1) is 0 Å². The molecule has 1 aromatic rings. The van der Waals surface area contributed by atoms with Gasteiger partial charge >= 0.3 is 6.09 Å². The molecule has 0 radical (unpaired) electrons. The number of benzene rings is 1. The van der Waals surface area contributed by atoms with E-state index >= 15 is 0 Å². The molecule has 0 bridgehead atoms. The van der Waals surface area contributed by atoms with E-state index in [0.29, 0.717) is 13.0 Å². The zero-order valence-corrected chi connectivity index (χ0v) is 13.0. The van der Waals surface area contributed by atoms with Crippen LogP contribution in [0.2, 0.25) is 0 Å². The standard InChI is InChI=1S/C14H20BrNO3/c1-14(2,3)19-13(18)16-9-8-12(17)10-4-6-11(15)7-5-10/h4-7,12,17H,8-9H2,1-3H3,(H,16,18). The number of aliphatic hydroxyl groups is 1. The molecule has 0 aromatic heterocycles. The number of alkyl carbamates (subject to hydrolysis) is 1. The summed E-state index contributed by atoms with van der Waals surface area (Å²) in [5.41, 5.74) is 0.322. The van der Waals surface area contributed by atoms with Gasteiger partial charge in [0.2, 0.25) is 0 Å². The number of ether oxygens (including phenoxy) is 1. The fourth-order valence-electron chi connectivity index (χ4n) is 1.48. The molecule has 19 heavy (non-hydrogen) atoms. The Morgan fingerprint density at radius 3 is 2.47 bits per heavy atom. The number of rotatable bonds is 4. The monoisotopic (exact) mass is 329 g/mol. The van der Waals surface area contributed by atoms with Crippen LogP contribution in [-0.2, 0) is 4.74 Å². The van der Waals surface area contributed by atoms with E-state index in [1.807, 2.05) is 45.0 Å². The first-order chi connectivity index (χ1) is 8.78. The molecule has 4 nitrogen and oxygen atoms in total. The van der Waals surface area contributed by atoms with Crippen LogP contribution >= 0.6 is 15.9 Å². The first kappa shape index (κ1) is 16.0. The van der Waals surface area contributed by atoms with Gasteiger partial charge in [0.05, 0.1) is 6.10 Å². The molecule has 1 rings (SSSR count). The summed E-state index contributed by atoms with van der Waals surface area (Å²) in [5, 5.41) is 12.6. The Morgan fingerprint density at radius 2 is 1.95 bits per heavy atom. The number of aliphatic hydroxyl groups excluding tert-OH is 1. The molecule has 1 atom stereocenters. The molecule has 0 spiro atoms. The fourth-order valence-corrected chi connectivity index (χ4v) is 1.74. The Kier molecular flexibility index (Phi) is 5.82. The molecule has 2 N–H and O–H groups in total. The van der Waals surface area contributed by atoms with Crippen LogP contribution < -0.4 is 5.32 Å².